The quantitative estimate of drug-likeness (QED) is 0.338. The van der Waals surface area contributed by atoms with Gasteiger partial charge in [0.1, 0.15) is 11.4 Å². The Morgan fingerprint density at radius 3 is 2.79 bits per heavy atom. The Balaban J connectivity index is 1.53. The van der Waals surface area contributed by atoms with Crippen LogP contribution in [0.2, 0.25) is 0 Å². The molecular formula is C18H13F2N9O3S. The number of ether oxygens (including phenoxy) is 1. The SMILES string of the molecule is COc1n[nH]c2ncc(-c3cn(-c4c(F)ccc(NS(=O)(=O)c5ccn[nH]5)c4F)nn3)cc12. The van der Waals surface area contributed by atoms with Crippen LogP contribution in [0.1, 0.15) is 0 Å². The number of aromatic amines is 2. The Kier molecular flexibility index (Phi) is 4.74. The monoisotopic (exact) mass is 473 g/mol. The number of hydrogen-bond acceptors (Lipinski definition) is 8. The maximum atomic E-state index is 15.1. The van der Waals surface area contributed by atoms with Gasteiger partial charge in [-0.25, -0.2) is 18.4 Å². The van der Waals surface area contributed by atoms with Gasteiger partial charge in [0.25, 0.3) is 10.0 Å². The normalized spacial score (nSPS) is 11.7. The second-order valence-corrected chi connectivity index (χ2v) is 8.34. The fourth-order valence-corrected chi connectivity index (χ4v) is 4.07. The molecule has 12 nitrogen and oxygen atoms in total. The number of nitrogens with zero attached hydrogens (tertiary/aromatic N) is 6. The van der Waals surface area contributed by atoms with Crippen LogP contribution in [0.25, 0.3) is 28.0 Å². The minimum Gasteiger partial charge on any atom is -0.479 e. The second kappa shape index (κ2) is 7.63. The van der Waals surface area contributed by atoms with Gasteiger partial charge < -0.3 is 4.74 Å². The lowest BCUT2D eigenvalue weighted by molar-refractivity contribution is 0.401. The number of sulfonamides is 1. The van der Waals surface area contributed by atoms with E-state index in [0.29, 0.717) is 22.5 Å². The predicted octanol–water partition coefficient (Wildman–Crippen LogP) is 2.02. The summed E-state index contributed by atoms with van der Waals surface area (Å²) < 4.78 is 62.5. The van der Waals surface area contributed by atoms with Crippen LogP contribution < -0.4 is 9.46 Å². The van der Waals surface area contributed by atoms with Crippen LogP contribution in [0, 0.1) is 11.6 Å². The maximum Gasteiger partial charge on any atom is 0.278 e. The third-order valence-corrected chi connectivity index (χ3v) is 5.96. The van der Waals surface area contributed by atoms with Gasteiger partial charge in [-0.2, -0.15) is 13.5 Å². The molecule has 15 heteroatoms. The van der Waals surface area contributed by atoms with Gasteiger partial charge in [-0.15, -0.1) is 10.2 Å². The van der Waals surface area contributed by atoms with Crippen molar-refractivity contribution in [2.75, 3.05) is 11.8 Å². The predicted molar refractivity (Wildman–Crippen MR) is 110 cm³/mol. The molecule has 0 fully saturated rings. The number of anilines is 1. The largest absolute Gasteiger partial charge is 0.479 e. The third kappa shape index (κ3) is 3.53. The number of aromatic nitrogens is 8. The van der Waals surface area contributed by atoms with Crippen molar-refractivity contribution in [3.05, 3.63) is 54.5 Å². The number of methoxy groups -OCH3 is 1. The molecule has 0 atom stereocenters. The first kappa shape index (κ1) is 20.5. The van der Waals surface area contributed by atoms with Crippen molar-refractivity contribution >= 4 is 26.7 Å². The molecule has 0 saturated carbocycles. The Hall–Kier alpha value is -4.40. The highest BCUT2D eigenvalue weighted by atomic mass is 32.2. The highest BCUT2D eigenvalue weighted by Gasteiger charge is 2.23. The number of rotatable bonds is 6. The summed E-state index contributed by atoms with van der Waals surface area (Å²) in [5.41, 5.74) is 0.135. The summed E-state index contributed by atoms with van der Waals surface area (Å²) in [7, 11) is -2.71. The summed E-state index contributed by atoms with van der Waals surface area (Å²) in [5.74, 6) is -1.83. The number of benzene rings is 1. The fraction of sp³-hybridized carbons (Fsp3) is 0.0556. The molecule has 0 radical (unpaired) electrons. The smallest absolute Gasteiger partial charge is 0.278 e. The van der Waals surface area contributed by atoms with Gasteiger partial charge in [-0.3, -0.25) is 14.9 Å². The molecular weight excluding hydrogens is 460 g/mol. The zero-order valence-electron chi connectivity index (χ0n) is 16.6. The van der Waals surface area contributed by atoms with E-state index >= 15 is 4.39 Å². The van der Waals surface area contributed by atoms with Gasteiger partial charge in [0.2, 0.25) is 5.88 Å². The highest BCUT2D eigenvalue weighted by Crippen LogP contribution is 2.29. The molecule has 5 aromatic rings. The lowest BCUT2D eigenvalue weighted by Gasteiger charge is -2.11. The van der Waals surface area contributed by atoms with Crippen molar-refractivity contribution in [2.45, 2.75) is 5.03 Å². The van der Waals surface area contributed by atoms with Crippen molar-refractivity contribution in [1.82, 2.24) is 40.4 Å². The molecule has 0 unspecified atom stereocenters. The summed E-state index contributed by atoms with van der Waals surface area (Å²) in [6, 6.07) is 4.74. The summed E-state index contributed by atoms with van der Waals surface area (Å²) in [4.78, 5) is 4.21. The molecule has 4 heterocycles. The van der Waals surface area contributed by atoms with E-state index < -0.39 is 33.0 Å². The number of hydrogen-bond donors (Lipinski definition) is 3. The van der Waals surface area contributed by atoms with E-state index in [1.165, 1.54) is 31.8 Å². The van der Waals surface area contributed by atoms with E-state index in [0.717, 1.165) is 16.8 Å². The van der Waals surface area contributed by atoms with Crippen LogP contribution in [0.5, 0.6) is 5.88 Å². The molecule has 4 aromatic heterocycles. The summed E-state index contributed by atoms with van der Waals surface area (Å²) in [5, 5.41) is 20.5. The Morgan fingerprint density at radius 2 is 2.03 bits per heavy atom. The first-order chi connectivity index (χ1) is 15.9. The lowest BCUT2D eigenvalue weighted by atomic mass is 10.2. The molecule has 33 heavy (non-hydrogen) atoms. The molecule has 3 N–H and O–H groups in total. The van der Waals surface area contributed by atoms with Gasteiger partial charge in [0, 0.05) is 11.8 Å². The topological polar surface area (TPSA) is 156 Å². The van der Waals surface area contributed by atoms with Crippen molar-refractivity contribution in [2.24, 2.45) is 0 Å². The lowest BCUT2D eigenvalue weighted by Crippen LogP contribution is -2.16. The number of fused-ring (bicyclic) bond motifs is 1. The molecule has 0 spiro atoms. The second-order valence-electron chi connectivity index (χ2n) is 6.69. The van der Waals surface area contributed by atoms with E-state index in [1.54, 1.807) is 6.07 Å². The van der Waals surface area contributed by atoms with Crippen LogP contribution in [0.3, 0.4) is 0 Å². The summed E-state index contributed by atoms with van der Waals surface area (Å²) >= 11 is 0. The fourth-order valence-electron chi connectivity index (χ4n) is 3.10. The zero-order chi connectivity index (χ0) is 23.2. The number of halogens is 2. The minimum atomic E-state index is -4.17. The highest BCUT2D eigenvalue weighted by molar-refractivity contribution is 7.92. The Morgan fingerprint density at radius 1 is 1.18 bits per heavy atom. The van der Waals surface area contributed by atoms with Gasteiger partial charge in [-0.05, 0) is 24.3 Å². The third-order valence-electron chi connectivity index (χ3n) is 4.67. The van der Waals surface area contributed by atoms with Gasteiger partial charge in [0.05, 0.1) is 30.6 Å². The molecule has 0 aliphatic heterocycles. The van der Waals surface area contributed by atoms with Crippen LogP contribution >= 0.6 is 0 Å². The molecule has 1 aromatic carbocycles. The Bertz CT molecular complexity index is 1580. The van der Waals surface area contributed by atoms with Crippen molar-refractivity contribution in [1.29, 1.82) is 0 Å². The molecule has 5 rings (SSSR count). The van der Waals surface area contributed by atoms with Gasteiger partial charge in [0.15, 0.2) is 22.3 Å². The van der Waals surface area contributed by atoms with E-state index in [1.807, 2.05) is 0 Å². The number of nitrogens with one attached hydrogen (secondary N) is 3. The van der Waals surface area contributed by atoms with E-state index in [9.17, 15) is 12.8 Å². The minimum absolute atomic E-state index is 0.259. The van der Waals surface area contributed by atoms with E-state index in [2.05, 4.69) is 40.4 Å². The van der Waals surface area contributed by atoms with Crippen LogP contribution in [-0.4, -0.2) is 55.9 Å². The molecule has 0 bridgehead atoms. The van der Waals surface area contributed by atoms with Crippen LogP contribution in [0.15, 0.2) is 47.9 Å². The van der Waals surface area contributed by atoms with Crippen molar-refractivity contribution < 1.29 is 21.9 Å². The average molecular weight is 473 g/mol. The van der Waals surface area contributed by atoms with Crippen LogP contribution in [-0.2, 0) is 10.0 Å². The van der Waals surface area contributed by atoms with Gasteiger partial charge >= 0.3 is 0 Å². The van der Waals surface area contributed by atoms with Crippen molar-refractivity contribution in [3.63, 3.8) is 0 Å². The molecule has 0 aliphatic rings. The maximum absolute atomic E-state index is 15.1. The van der Waals surface area contributed by atoms with E-state index in [4.69, 9.17) is 4.74 Å². The Labute approximate surface area is 183 Å². The molecule has 0 aliphatic carbocycles. The van der Waals surface area contributed by atoms with Crippen LogP contribution in [0.4, 0.5) is 14.5 Å². The summed E-state index contributed by atoms with van der Waals surface area (Å²) in [6.45, 7) is 0. The van der Waals surface area contributed by atoms with E-state index in [-0.39, 0.29) is 10.7 Å². The summed E-state index contributed by atoms with van der Waals surface area (Å²) in [6.07, 6.45) is 3.99. The number of pyridine rings is 1. The molecule has 0 amide bonds. The first-order valence-electron chi connectivity index (χ1n) is 9.19. The van der Waals surface area contributed by atoms with Gasteiger partial charge in [-0.1, -0.05) is 5.21 Å². The number of H-pyrrole nitrogens is 2. The van der Waals surface area contributed by atoms with Crippen molar-refractivity contribution in [3.8, 4) is 22.8 Å². The first-order valence-corrected chi connectivity index (χ1v) is 10.7. The zero-order valence-corrected chi connectivity index (χ0v) is 17.4. The average Bonchev–Trinajstić information content (AvgIpc) is 3.56. The molecule has 168 valence electrons. The standard InChI is InChI=1S/C18H13F2N9O3S/c1-32-18-10-6-9(7-21-17(10)25-26-18)13-8-29(28-23-13)16-11(19)2-3-12(15(16)20)27-33(30,31)14-4-5-22-24-14/h2-8,27H,1H3,(H,22,24)(H,21,25,26). The molecule has 0 saturated heterocycles.